The summed E-state index contributed by atoms with van der Waals surface area (Å²) in [5, 5.41) is 6.40. The highest BCUT2D eigenvalue weighted by atomic mass is 19.4. The maximum absolute atomic E-state index is 12.2. The second-order valence-electron chi connectivity index (χ2n) is 7.30. The Morgan fingerprint density at radius 2 is 1.78 bits per heavy atom. The molecule has 0 atom stereocenters. The number of carbonyl (C=O) groups is 1. The Hall–Kier alpha value is -1.80. The number of nitrogens with zero attached hydrogens (tertiary/aromatic N) is 1. The van der Waals surface area contributed by atoms with Crippen molar-refractivity contribution in [2.45, 2.75) is 38.1 Å². The minimum atomic E-state index is -4.73. The number of amides is 1. The van der Waals surface area contributed by atoms with Gasteiger partial charge in [0.15, 0.2) is 0 Å². The predicted octanol–water partition coefficient (Wildman–Crippen LogP) is 2.78. The van der Waals surface area contributed by atoms with E-state index in [1.807, 2.05) is 0 Å². The molecule has 1 amide bonds. The van der Waals surface area contributed by atoms with Crippen molar-refractivity contribution in [2.75, 3.05) is 32.7 Å². The highest BCUT2D eigenvalue weighted by molar-refractivity contribution is 5.94. The highest BCUT2D eigenvalue weighted by Crippen LogP contribution is 2.23. The van der Waals surface area contributed by atoms with Crippen molar-refractivity contribution < 1.29 is 22.7 Å². The fourth-order valence-electron chi connectivity index (χ4n) is 3.28. The normalized spacial score (nSPS) is 19.1. The van der Waals surface area contributed by atoms with Crippen LogP contribution in [0.3, 0.4) is 0 Å². The lowest BCUT2D eigenvalue weighted by molar-refractivity contribution is -0.274. The smallest absolute Gasteiger partial charge is 0.406 e. The van der Waals surface area contributed by atoms with Gasteiger partial charge in [0, 0.05) is 31.2 Å². The summed E-state index contributed by atoms with van der Waals surface area (Å²) in [6.45, 7) is 4.78. The van der Waals surface area contributed by atoms with Gasteiger partial charge in [0.1, 0.15) is 5.75 Å². The Morgan fingerprint density at radius 1 is 1.11 bits per heavy atom. The van der Waals surface area contributed by atoms with E-state index in [4.69, 9.17) is 0 Å². The lowest BCUT2D eigenvalue weighted by Crippen LogP contribution is -2.41. The van der Waals surface area contributed by atoms with Gasteiger partial charge in [0.2, 0.25) is 0 Å². The Morgan fingerprint density at radius 3 is 2.37 bits per heavy atom. The number of hydrogen-bond donors (Lipinski definition) is 2. The zero-order valence-electron chi connectivity index (χ0n) is 15.2. The van der Waals surface area contributed by atoms with Crippen LogP contribution < -0.4 is 15.4 Å². The van der Waals surface area contributed by atoms with Crippen LogP contribution in [-0.4, -0.2) is 55.9 Å². The summed E-state index contributed by atoms with van der Waals surface area (Å²) >= 11 is 0. The first kappa shape index (κ1) is 19.9. The third-order valence-electron chi connectivity index (χ3n) is 5.05. The quantitative estimate of drug-likeness (QED) is 0.723. The number of carbonyl (C=O) groups excluding carboxylic acids is 1. The monoisotopic (exact) mass is 385 g/mol. The number of piperidine rings is 1. The molecule has 1 heterocycles. The molecule has 2 aliphatic rings. The van der Waals surface area contributed by atoms with Gasteiger partial charge in [-0.15, -0.1) is 13.2 Å². The van der Waals surface area contributed by atoms with E-state index in [0.717, 1.165) is 57.2 Å². The van der Waals surface area contributed by atoms with Crippen molar-refractivity contribution in [2.24, 2.45) is 5.92 Å². The molecule has 1 saturated heterocycles. The molecule has 1 aromatic carbocycles. The number of nitrogens with one attached hydrogen (secondary N) is 2. The maximum atomic E-state index is 12.2. The number of benzene rings is 1. The van der Waals surface area contributed by atoms with Gasteiger partial charge in [-0.2, -0.15) is 0 Å². The van der Waals surface area contributed by atoms with Crippen LogP contribution in [0.15, 0.2) is 24.3 Å². The molecular formula is C19H26F3N3O2. The van der Waals surface area contributed by atoms with Crippen molar-refractivity contribution in [3.8, 4) is 5.75 Å². The van der Waals surface area contributed by atoms with Crippen molar-refractivity contribution in [1.82, 2.24) is 15.5 Å². The van der Waals surface area contributed by atoms with E-state index in [1.165, 1.54) is 25.0 Å². The summed E-state index contributed by atoms with van der Waals surface area (Å²) in [5.41, 5.74) is 0.327. The zero-order chi connectivity index (χ0) is 19.3. The Bertz CT molecular complexity index is 610. The van der Waals surface area contributed by atoms with Crippen molar-refractivity contribution in [3.63, 3.8) is 0 Å². The molecule has 1 aliphatic carbocycles. The van der Waals surface area contributed by atoms with Gasteiger partial charge in [-0.3, -0.25) is 4.79 Å². The maximum Gasteiger partial charge on any atom is 0.573 e. The van der Waals surface area contributed by atoms with E-state index in [1.54, 1.807) is 0 Å². The minimum Gasteiger partial charge on any atom is -0.406 e. The average Bonchev–Trinajstić information content (AvgIpc) is 3.44. The highest BCUT2D eigenvalue weighted by Gasteiger charge is 2.31. The summed E-state index contributed by atoms with van der Waals surface area (Å²) in [6.07, 6.45) is -0.0313. The molecule has 0 unspecified atom stereocenters. The summed E-state index contributed by atoms with van der Waals surface area (Å²) in [6, 6.07) is 5.72. The molecule has 1 aliphatic heterocycles. The molecule has 5 nitrogen and oxygen atoms in total. The first-order valence-electron chi connectivity index (χ1n) is 9.49. The lowest BCUT2D eigenvalue weighted by Gasteiger charge is -2.32. The van der Waals surface area contributed by atoms with Crippen molar-refractivity contribution >= 4 is 5.91 Å². The molecule has 150 valence electrons. The van der Waals surface area contributed by atoms with E-state index < -0.39 is 6.36 Å². The fraction of sp³-hybridized carbons (Fsp3) is 0.632. The van der Waals surface area contributed by atoms with Gasteiger partial charge in [-0.05, 0) is 69.0 Å². The van der Waals surface area contributed by atoms with Crippen LogP contribution in [0.2, 0.25) is 0 Å². The van der Waals surface area contributed by atoms with E-state index in [0.29, 0.717) is 18.0 Å². The van der Waals surface area contributed by atoms with E-state index >= 15 is 0 Å². The zero-order valence-corrected chi connectivity index (χ0v) is 15.2. The molecule has 3 rings (SSSR count). The standard InChI is InChI=1S/C19H26F3N3O2/c20-19(21,22)27-17-5-1-15(2-6-17)18(26)24-13-14-7-10-25(11-8-14)12-9-23-16-3-4-16/h1-2,5-6,14,16,23H,3-4,7-13H2,(H,24,26). The van der Waals surface area contributed by atoms with Gasteiger partial charge >= 0.3 is 6.36 Å². The van der Waals surface area contributed by atoms with Crippen LogP contribution in [0.25, 0.3) is 0 Å². The number of hydrogen-bond acceptors (Lipinski definition) is 4. The summed E-state index contributed by atoms with van der Waals surface area (Å²) in [7, 11) is 0. The second-order valence-corrected chi connectivity index (χ2v) is 7.30. The number of rotatable bonds is 8. The van der Waals surface area contributed by atoms with Gasteiger partial charge in [-0.1, -0.05) is 0 Å². The number of alkyl halides is 3. The van der Waals surface area contributed by atoms with Gasteiger partial charge in [0.05, 0.1) is 0 Å². The molecule has 0 aromatic heterocycles. The number of likely N-dealkylation sites (tertiary alicyclic amines) is 1. The SMILES string of the molecule is O=C(NCC1CCN(CCNC2CC2)CC1)c1ccc(OC(F)(F)F)cc1. The first-order chi connectivity index (χ1) is 12.9. The summed E-state index contributed by atoms with van der Waals surface area (Å²) in [5.74, 6) is -0.165. The van der Waals surface area contributed by atoms with Crippen LogP contribution in [0, 0.1) is 5.92 Å². The van der Waals surface area contributed by atoms with E-state index in [9.17, 15) is 18.0 Å². The van der Waals surface area contributed by atoms with E-state index in [2.05, 4.69) is 20.3 Å². The molecule has 1 saturated carbocycles. The molecule has 0 spiro atoms. The third kappa shape index (κ3) is 7.03. The summed E-state index contributed by atoms with van der Waals surface area (Å²) in [4.78, 5) is 14.6. The van der Waals surface area contributed by atoms with Crippen LogP contribution >= 0.6 is 0 Å². The summed E-state index contributed by atoms with van der Waals surface area (Å²) < 4.78 is 40.3. The Balaban J connectivity index is 1.34. The van der Waals surface area contributed by atoms with Crippen LogP contribution in [-0.2, 0) is 0 Å². The van der Waals surface area contributed by atoms with Gasteiger partial charge < -0.3 is 20.3 Å². The molecule has 0 bridgehead atoms. The van der Waals surface area contributed by atoms with Crippen molar-refractivity contribution in [1.29, 1.82) is 0 Å². The van der Waals surface area contributed by atoms with Crippen molar-refractivity contribution in [3.05, 3.63) is 29.8 Å². The topological polar surface area (TPSA) is 53.6 Å². The second kappa shape index (κ2) is 8.93. The number of halogens is 3. The molecular weight excluding hydrogens is 359 g/mol. The fourth-order valence-corrected chi connectivity index (χ4v) is 3.28. The third-order valence-corrected chi connectivity index (χ3v) is 5.05. The lowest BCUT2D eigenvalue weighted by atomic mass is 9.96. The predicted molar refractivity (Wildman–Crippen MR) is 95.6 cm³/mol. The van der Waals surface area contributed by atoms with Crippen LogP contribution in [0.1, 0.15) is 36.0 Å². The molecule has 2 N–H and O–H groups in total. The molecule has 8 heteroatoms. The molecule has 2 fully saturated rings. The molecule has 27 heavy (non-hydrogen) atoms. The average molecular weight is 385 g/mol. The Labute approximate surface area is 157 Å². The van der Waals surface area contributed by atoms with Gasteiger partial charge in [-0.25, -0.2) is 0 Å². The minimum absolute atomic E-state index is 0.273. The Kier molecular flexibility index (Phi) is 6.59. The number of ether oxygens (including phenoxy) is 1. The molecule has 0 radical (unpaired) electrons. The van der Waals surface area contributed by atoms with E-state index in [-0.39, 0.29) is 11.7 Å². The molecule has 1 aromatic rings. The largest absolute Gasteiger partial charge is 0.573 e. The van der Waals surface area contributed by atoms with Crippen LogP contribution in [0.5, 0.6) is 5.75 Å². The van der Waals surface area contributed by atoms with Crippen LogP contribution in [0.4, 0.5) is 13.2 Å². The van der Waals surface area contributed by atoms with Gasteiger partial charge in [0.25, 0.3) is 5.91 Å². The first-order valence-corrected chi connectivity index (χ1v) is 9.49.